The van der Waals surface area contributed by atoms with Gasteiger partial charge in [0.25, 0.3) is 0 Å². The molecule has 0 radical (unpaired) electrons. The van der Waals surface area contributed by atoms with Crippen molar-refractivity contribution in [1.82, 2.24) is 5.32 Å². The van der Waals surface area contributed by atoms with Crippen LogP contribution in [0.2, 0.25) is 0 Å². The van der Waals surface area contributed by atoms with Gasteiger partial charge in [0.05, 0.1) is 18.8 Å². The van der Waals surface area contributed by atoms with E-state index in [0.29, 0.717) is 6.42 Å². The summed E-state index contributed by atoms with van der Waals surface area (Å²) in [7, 11) is 0. The van der Waals surface area contributed by atoms with Crippen LogP contribution in [0.25, 0.3) is 0 Å². The molecule has 0 saturated heterocycles. The summed E-state index contributed by atoms with van der Waals surface area (Å²) in [6.07, 6.45) is 65.2. The molecule has 58 heavy (non-hydrogen) atoms. The summed E-state index contributed by atoms with van der Waals surface area (Å²) in [6, 6.07) is -0.617. The molecule has 346 valence electrons. The van der Waals surface area contributed by atoms with Crippen molar-refractivity contribution in [2.45, 2.75) is 321 Å². The first-order valence-electron chi connectivity index (χ1n) is 26.9. The van der Waals surface area contributed by atoms with Gasteiger partial charge in [0.2, 0.25) is 5.91 Å². The Morgan fingerprint density at radius 1 is 0.397 bits per heavy atom. The Kier molecular flexibility index (Phi) is 49.7. The molecule has 4 heteroatoms. The van der Waals surface area contributed by atoms with Gasteiger partial charge in [-0.2, -0.15) is 0 Å². The Morgan fingerprint density at radius 2 is 0.638 bits per heavy atom. The third-order valence-electron chi connectivity index (χ3n) is 12.8. The minimum atomic E-state index is -0.834. The molecule has 0 fully saturated rings. The number of unbranched alkanes of at least 4 members (excludes halogenated alkanes) is 43. The second kappa shape index (κ2) is 50.5. The smallest absolute Gasteiger partial charge is 0.220 e. The predicted octanol–water partition coefficient (Wildman–Crippen LogP) is 17.4. The van der Waals surface area contributed by atoms with E-state index < -0.39 is 12.1 Å². The number of carbonyl (C=O) groups excluding carboxylic acids is 1. The molecule has 0 aliphatic rings. The second-order valence-electron chi connectivity index (χ2n) is 18.7. The third-order valence-corrected chi connectivity index (χ3v) is 12.8. The van der Waals surface area contributed by atoms with Gasteiger partial charge in [0, 0.05) is 6.42 Å². The highest BCUT2D eigenvalue weighted by Gasteiger charge is 2.18. The van der Waals surface area contributed by atoms with E-state index in [-0.39, 0.29) is 12.5 Å². The van der Waals surface area contributed by atoms with Crippen molar-refractivity contribution in [3.63, 3.8) is 0 Å². The van der Waals surface area contributed by atoms with Crippen molar-refractivity contribution in [3.05, 3.63) is 12.2 Å². The Hall–Kier alpha value is -0.870. The number of nitrogens with one attached hydrogen (secondary N) is 1. The van der Waals surface area contributed by atoms with Crippen molar-refractivity contribution in [3.8, 4) is 0 Å². The number of allylic oxidation sites excluding steroid dienone is 1. The van der Waals surface area contributed by atoms with Crippen molar-refractivity contribution >= 4 is 5.91 Å². The Morgan fingerprint density at radius 3 is 0.897 bits per heavy atom. The minimum Gasteiger partial charge on any atom is -0.394 e. The lowest BCUT2D eigenvalue weighted by molar-refractivity contribution is -0.123. The normalized spacial score (nSPS) is 12.8. The Labute approximate surface area is 365 Å². The number of hydrogen-bond acceptors (Lipinski definition) is 3. The van der Waals surface area contributed by atoms with Crippen LogP contribution in [0.15, 0.2) is 12.2 Å². The van der Waals surface area contributed by atoms with E-state index in [0.717, 1.165) is 25.7 Å². The van der Waals surface area contributed by atoms with Crippen LogP contribution in [0, 0.1) is 0 Å². The van der Waals surface area contributed by atoms with Crippen LogP contribution in [0.1, 0.15) is 309 Å². The molecule has 0 aliphatic heterocycles. The fourth-order valence-corrected chi connectivity index (χ4v) is 8.65. The molecule has 0 aromatic carbocycles. The van der Waals surface area contributed by atoms with Crippen molar-refractivity contribution in [1.29, 1.82) is 0 Å². The summed E-state index contributed by atoms with van der Waals surface area (Å²) in [5, 5.41) is 23.1. The quantitative estimate of drug-likeness (QED) is 0.0423. The predicted molar refractivity (Wildman–Crippen MR) is 258 cm³/mol. The first-order chi connectivity index (χ1) is 28.7. The number of carbonyl (C=O) groups is 1. The summed E-state index contributed by atoms with van der Waals surface area (Å²) in [5.74, 6) is -0.0595. The summed E-state index contributed by atoms with van der Waals surface area (Å²) in [5.41, 5.74) is 0. The molecule has 3 N–H and O–H groups in total. The summed E-state index contributed by atoms with van der Waals surface area (Å²) in [6.45, 7) is 4.33. The Bertz CT molecular complexity index is 799. The highest BCUT2D eigenvalue weighted by atomic mass is 16.3. The summed E-state index contributed by atoms with van der Waals surface area (Å²) >= 11 is 0. The number of aliphatic hydroxyl groups excluding tert-OH is 2. The molecule has 4 nitrogen and oxygen atoms in total. The van der Waals surface area contributed by atoms with Crippen molar-refractivity contribution in [2.75, 3.05) is 6.61 Å². The second-order valence-corrected chi connectivity index (χ2v) is 18.7. The SMILES string of the molecule is CCCCCCCCCCCCCCCCCCCCCCCCCCCCCCCCC/C=C/C(O)C(CO)NC(=O)CCCCCCCCCCCCCCC. The van der Waals surface area contributed by atoms with E-state index in [1.807, 2.05) is 6.08 Å². The molecule has 0 spiro atoms. The first kappa shape index (κ1) is 57.1. The lowest BCUT2D eigenvalue weighted by atomic mass is 10.0. The number of aliphatic hydroxyl groups is 2. The molecule has 1 amide bonds. The maximum atomic E-state index is 12.4. The lowest BCUT2D eigenvalue weighted by Gasteiger charge is -2.20. The molecule has 0 saturated carbocycles. The zero-order chi connectivity index (χ0) is 42.1. The van der Waals surface area contributed by atoms with Gasteiger partial charge in [-0.15, -0.1) is 0 Å². The van der Waals surface area contributed by atoms with Crippen LogP contribution in [-0.4, -0.2) is 34.9 Å². The summed E-state index contributed by atoms with van der Waals surface area (Å²) < 4.78 is 0. The highest BCUT2D eigenvalue weighted by molar-refractivity contribution is 5.76. The van der Waals surface area contributed by atoms with Crippen molar-refractivity contribution < 1.29 is 15.0 Å². The molecular weight excluding hydrogens is 711 g/mol. The average Bonchev–Trinajstić information content (AvgIpc) is 3.23. The number of amides is 1. The number of rotatable bonds is 50. The van der Waals surface area contributed by atoms with Crippen LogP contribution in [0.4, 0.5) is 0 Å². The molecular formula is C54H107NO3. The van der Waals surface area contributed by atoms with E-state index in [2.05, 4.69) is 19.2 Å². The van der Waals surface area contributed by atoms with Gasteiger partial charge >= 0.3 is 0 Å². The van der Waals surface area contributed by atoms with Gasteiger partial charge in [-0.3, -0.25) is 4.79 Å². The summed E-state index contributed by atoms with van der Waals surface area (Å²) in [4.78, 5) is 12.4. The molecule has 0 aromatic rings. The largest absolute Gasteiger partial charge is 0.394 e. The van der Waals surface area contributed by atoms with Gasteiger partial charge in [0.15, 0.2) is 0 Å². The van der Waals surface area contributed by atoms with E-state index in [4.69, 9.17) is 0 Å². The van der Waals surface area contributed by atoms with Gasteiger partial charge in [-0.05, 0) is 19.3 Å². The fourth-order valence-electron chi connectivity index (χ4n) is 8.65. The van der Waals surface area contributed by atoms with E-state index in [9.17, 15) is 15.0 Å². The van der Waals surface area contributed by atoms with E-state index >= 15 is 0 Å². The molecule has 0 bridgehead atoms. The monoisotopic (exact) mass is 818 g/mol. The molecule has 0 heterocycles. The van der Waals surface area contributed by atoms with Crippen LogP contribution < -0.4 is 5.32 Å². The minimum absolute atomic E-state index is 0.0595. The molecule has 2 unspecified atom stereocenters. The maximum Gasteiger partial charge on any atom is 0.220 e. The van der Waals surface area contributed by atoms with Crippen molar-refractivity contribution in [2.24, 2.45) is 0 Å². The van der Waals surface area contributed by atoms with E-state index in [1.165, 1.54) is 263 Å². The lowest BCUT2D eigenvalue weighted by Crippen LogP contribution is -2.45. The third kappa shape index (κ3) is 46.2. The zero-order valence-electron chi connectivity index (χ0n) is 39.8. The molecule has 0 aromatic heterocycles. The standard InChI is InChI=1S/C54H107NO3/c1-3-5-7-9-11-13-15-17-18-19-20-21-22-23-24-25-26-27-28-29-30-31-32-33-34-35-36-38-39-41-43-45-47-49-53(57)52(51-56)55-54(58)50-48-46-44-42-40-37-16-14-12-10-8-6-4-2/h47,49,52-53,56-57H,3-46,48,50-51H2,1-2H3,(H,55,58)/b49-47+. The van der Waals surface area contributed by atoms with Gasteiger partial charge in [-0.25, -0.2) is 0 Å². The van der Waals surface area contributed by atoms with E-state index in [1.54, 1.807) is 6.08 Å². The maximum absolute atomic E-state index is 12.4. The molecule has 0 rings (SSSR count). The topological polar surface area (TPSA) is 69.6 Å². The molecule has 2 atom stereocenters. The van der Waals surface area contributed by atoms with Crippen LogP contribution in [0.3, 0.4) is 0 Å². The van der Waals surface area contributed by atoms with Gasteiger partial charge < -0.3 is 15.5 Å². The Balaban J connectivity index is 3.40. The molecule has 0 aliphatic carbocycles. The fraction of sp³-hybridized carbons (Fsp3) is 0.944. The average molecular weight is 818 g/mol. The number of hydrogen-bond donors (Lipinski definition) is 3. The van der Waals surface area contributed by atoms with Gasteiger partial charge in [0.1, 0.15) is 0 Å². The van der Waals surface area contributed by atoms with Crippen LogP contribution in [-0.2, 0) is 4.79 Å². The first-order valence-corrected chi connectivity index (χ1v) is 26.9. The van der Waals surface area contributed by atoms with Crippen LogP contribution in [0.5, 0.6) is 0 Å². The highest BCUT2D eigenvalue weighted by Crippen LogP contribution is 2.18. The van der Waals surface area contributed by atoms with Crippen LogP contribution >= 0.6 is 0 Å². The zero-order valence-corrected chi connectivity index (χ0v) is 39.8. The van der Waals surface area contributed by atoms with Gasteiger partial charge in [-0.1, -0.05) is 296 Å².